The summed E-state index contributed by atoms with van der Waals surface area (Å²) >= 11 is 0. The number of carbonyl (C=O) groups excluding carboxylic acids is 1. The number of nitrogens with one attached hydrogen (secondary N) is 2. The van der Waals surface area contributed by atoms with E-state index in [1.807, 2.05) is 0 Å². The Bertz CT molecular complexity index is 833. The van der Waals surface area contributed by atoms with Crippen molar-refractivity contribution in [1.82, 2.24) is 5.32 Å². The average molecular weight is 356 g/mol. The van der Waals surface area contributed by atoms with E-state index >= 15 is 0 Å². The van der Waals surface area contributed by atoms with Crippen LogP contribution in [-0.2, 0) is 4.79 Å². The monoisotopic (exact) mass is 356 g/mol. The molecule has 0 aliphatic rings. The van der Waals surface area contributed by atoms with Crippen molar-refractivity contribution in [1.29, 1.82) is 0 Å². The summed E-state index contributed by atoms with van der Waals surface area (Å²) in [4.78, 5) is 32.2. The molecule has 134 valence electrons. The molecule has 2 aromatic carbocycles. The maximum atomic E-state index is 11.8. The number of nitro groups is 2. The van der Waals surface area contributed by atoms with Gasteiger partial charge in [0, 0.05) is 43.1 Å². The molecule has 0 saturated carbocycles. The zero-order valence-electron chi connectivity index (χ0n) is 13.6. The first-order valence-corrected chi connectivity index (χ1v) is 7.65. The number of non-ortho nitro benzene ring substituents is 1. The van der Waals surface area contributed by atoms with Crippen molar-refractivity contribution in [2.75, 3.05) is 18.4 Å². The molecule has 0 aliphatic heterocycles. The number of benzene rings is 2. The molecule has 0 aliphatic carbocycles. The second kappa shape index (κ2) is 8.92. The minimum absolute atomic E-state index is 0.00370. The Morgan fingerprint density at radius 1 is 0.962 bits per heavy atom. The van der Waals surface area contributed by atoms with Gasteiger partial charge in [-0.1, -0.05) is 12.1 Å². The van der Waals surface area contributed by atoms with E-state index < -0.39 is 9.85 Å². The predicted molar refractivity (Wildman–Crippen MR) is 96.7 cm³/mol. The number of hydrogen-bond acceptors (Lipinski definition) is 6. The van der Waals surface area contributed by atoms with Gasteiger partial charge in [-0.05, 0) is 24.3 Å². The molecule has 0 saturated heterocycles. The highest BCUT2D eigenvalue weighted by Crippen LogP contribution is 2.18. The van der Waals surface area contributed by atoms with Gasteiger partial charge in [0.25, 0.3) is 11.4 Å². The molecule has 0 spiro atoms. The molecule has 2 rings (SSSR count). The largest absolute Gasteiger partial charge is 0.383 e. The van der Waals surface area contributed by atoms with Gasteiger partial charge in [-0.3, -0.25) is 25.0 Å². The number of nitrogens with zero attached hydrogens (tertiary/aromatic N) is 2. The van der Waals surface area contributed by atoms with Gasteiger partial charge in [0.05, 0.1) is 15.4 Å². The van der Waals surface area contributed by atoms with Crippen molar-refractivity contribution in [3.8, 4) is 0 Å². The summed E-state index contributed by atoms with van der Waals surface area (Å²) in [7, 11) is 0. The maximum Gasteiger partial charge on any atom is 0.276 e. The van der Waals surface area contributed by atoms with Gasteiger partial charge in [-0.25, -0.2) is 0 Å². The molecule has 0 radical (unpaired) electrons. The van der Waals surface area contributed by atoms with Gasteiger partial charge < -0.3 is 10.6 Å². The van der Waals surface area contributed by atoms with Gasteiger partial charge in [-0.2, -0.15) is 0 Å². The third-order valence-electron chi connectivity index (χ3n) is 3.38. The van der Waals surface area contributed by atoms with Gasteiger partial charge >= 0.3 is 0 Å². The summed E-state index contributed by atoms with van der Waals surface area (Å²) in [5, 5.41) is 27.1. The Morgan fingerprint density at radius 3 is 2.31 bits per heavy atom. The van der Waals surface area contributed by atoms with Crippen LogP contribution in [0.4, 0.5) is 17.1 Å². The van der Waals surface area contributed by atoms with Crippen LogP contribution in [-0.4, -0.2) is 28.8 Å². The summed E-state index contributed by atoms with van der Waals surface area (Å²) in [6, 6.07) is 12.1. The number of carbonyl (C=O) groups is 1. The van der Waals surface area contributed by atoms with E-state index in [-0.39, 0.29) is 17.3 Å². The van der Waals surface area contributed by atoms with Crippen LogP contribution in [0.2, 0.25) is 0 Å². The highest BCUT2D eigenvalue weighted by atomic mass is 16.6. The van der Waals surface area contributed by atoms with Crippen LogP contribution in [0.25, 0.3) is 6.08 Å². The van der Waals surface area contributed by atoms with Crippen LogP contribution >= 0.6 is 0 Å². The third kappa shape index (κ3) is 5.41. The molecule has 0 heterocycles. The Morgan fingerprint density at radius 2 is 1.65 bits per heavy atom. The van der Waals surface area contributed by atoms with E-state index in [9.17, 15) is 25.0 Å². The van der Waals surface area contributed by atoms with Crippen LogP contribution in [0.15, 0.2) is 54.6 Å². The molecule has 2 N–H and O–H groups in total. The lowest BCUT2D eigenvalue weighted by molar-refractivity contribution is -0.385. The van der Waals surface area contributed by atoms with Gasteiger partial charge in [0.1, 0.15) is 0 Å². The van der Waals surface area contributed by atoms with E-state index in [1.54, 1.807) is 30.3 Å². The fourth-order valence-corrected chi connectivity index (χ4v) is 2.11. The lowest BCUT2D eigenvalue weighted by Gasteiger charge is -2.06. The Labute approximate surface area is 148 Å². The predicted octanol–water partition coefficient (Wildman–Crippen LogP) is 2.74. The third-order valence-corrected chi connectivity index (χ3v) is 3.38. The number of amides is 1. The fraction of sp³-hybridized carbons (Fsp3) is 0.118. The Kier molecular flexibility index (Phi) is 6.38. The highest BCUT2D eigenvalue weighted by Gasteiger charge is 2.09. The fourth-order valence-electron chi connectivity index (χ4n) is 2.11. The van der Waals surface area contributed by atoms with Crippen LogP contribution in [0.3, 0.4) is 0 Å². The number of anilines is 1. The molecule has 0 unspecified atom stereocenters. The number of hydrogen-bond donors (Lipinski definition) is 2. The summed E-state index contributed by atoms with van der Waals surface area (Å²) in [6.45, 7) is 0.736. The minimum atomic E-state index is -0.508. The second-order valence-electron chi connectivity index (χ2n) is 5.17. The zero-order chi connectivity index (χ0) is 18.9. The van der Waals surface area contributed by atoms with Gasteiger partial charge in [0.2, 0.25) is 5.91 Å². The van der Waals surface area contributed by atoms with E-state index in [0.717, 1.165) is 0 Å². The standard InChI is InChI=1S/C17H16N4O5/c22-17(10-5-13-3-1-2-4-16(13)21(25)26)19-12-11-18-14-6-8-15(9-7-14)20(23)24/h1-10,18H,11-12H2,(H,19,22)/b10-5+. The lowest BCUT2D eigenvalue weighted by Crippen LogP contribution is -2.27. The van der Waals surface area contributed by atoms with Crippen molar-refractivity contribution < 1.29 is 14.6 Å². The number of rotatable bonds is 8. The van der Waals surface area contributed by atoms with Crippen molar-refractivity contribution >= 4 is 29.0 Å². The van der Waals surface area contributed by atoms with E-state index in [0.29, 0.717) is 24.3 Å². The molecule has 9 heteroatoms. The molecule has 0 bridgehead atoms. The van der Waals surface area contributed by atoms with Gasteiger partial charge in [-0.15, -0.1) is 0 Å². The van der Waals surface area contributed by atoms with Crippen molar-refractivity contribution in [2.45, 2.75) is 0 Å². The van der Waals surface area contributed by atoms with Crippen molar-refractivity contribution in [2.24, 2.45) is 0 Å². The second-order valence-corrected chi connectivity index (χ2v) is 5.17. The highest BCUT2D eigenvalue weighted by molar-refractivity contribution is 5.92. The first-order chi connectivity index (χ1) is 12.5. The van der Waals surface area contributed by atoms with E-state index in [1.165, 1.54) is 30.4 Å². The van der Waals surface area contributed by atoms with Crippen LogP contribution < -0.4 is 10.6 Å². The van der Waals surface area contributed by atoms with Gasteiger partial charge in [0.15, 0.2) is 0 Å². The molecule has 26 heavy (non-hydrogen) atoms. The summed E-state index contributed by atoms with van der Waals surface area (Å²) in [6.07, 6.45) is 2.62. The molecule has 2 aromatic rings. The Balaban J connectivity index is 1.79. The lowest BCUT2D eigenvalue weighted by atomic mass is 10.1. The summed E-state index contributed by atoms with van der Waals surface area (Å²) < 4.78 is 0. The Hall–Kier alpha value is -3.75. The summed E-state index contributed by atoms with van der Waals surface area (Å²) in [5.41, 5.74) is 0.970. The average Bonchev–Trinajstić information content (AvgIpc) is 2.64. The van der Waals surface area contributed by atoms with Crippen LogP contribution in [0.5, 0.6) is 0 Å². The van der Waals surface area contributed by atoms with Crippen molar-refractivity contribution in [3.05, 3.63) is 80.4 Å². The minimum Gasteiger partial charge on any atom is -0.383 e. The smallest absolute Gasteiger partial charge is 0.276 e. The zero-order valence-corrected chi connectivity index (χ0v) is 13.6. The number of nitro benzene ring substituents is 2. The van der Waals surface area contributed by atoms with E-state index in [4.69, 9.17) is 0 Å². The molecule has 0 atom stereocenters. The summed E-state index contributed by atoms with van der Waals surface area (Å²) in [5.74, 6) is -0.381. The first-order valence-electron chi connectivity index (χ1n) is 7.65. The number of para-hydroxylation sites is 1. The molecule has 1 amide bonds. The molecule has 0 fully saturated rings. The van der Waals surface area contributed by atoms with Crippen molar-refractivity contribution in [3.63, 3.8) is 0 Å². The quantitative estimate of drug-likeness (QED) is 0.324. The van der Waals surface area contributed by atoms with E-state index in [2.05, 4.69) is 10.6 Å². The molecule has 9 nitrogen and oxygen atoms in total. The molecular weight excluding hydrogens is 340 g/mol. The molecule has 0 aromatic heterocycles. The van der Waals surface area contributed by atoms with Crippen LogP contribution in [0.1, 0.15) is 5.56 Å². The topological polar surface area (TPSA) is 127 Å². The maximum absolute atomic E-state index is 11.8. The first kappa shape index (κ1) is 18.6. The van der Waals surface area contributed by atoms with Crippen LogP contribution in [0, 0.1) is 20.2 Å². The molecular formula is C17H16N4O5. The SMILES string of the molecule is O=C(/C=C/c1ccccc1[N+](=O)[O-])NCCNc1ccc([N+](=O)[O-])cc1. The normalized spacial score (nSPS) is 10.5.